The van der Waals surface area contributed by atoms with E-state index in [1.807, 2.05) is 12.4 Å². The van der Waals surface area contributed by atoms with E-state index in [1.54, 1.807) is 48.5 Å². The summed E-state index contributed by atoms with van der Waals surface area (Å²) in [5, 5.41) is 24.6. The highest BCUT2D eigenvalue weighted by atomic mass is 19.1. The van der Waals surface area contributed by atoms with Crippen LogP contribution >= 0.6 is 0 Å². The zero-order chi connectivity index (χ0) is 29.8. The average Bonchev–Trinajstić information content (AvgIpc) is 2.98. The van der Waals surface area contributed by atoms with Crippen LogP contribution in [0.25, 0.3) is 0 Å². The van der Waals surface area contributed by atoms with Crippen molar-refractivity contribution >= 4 is 24.0 Å². The van der Waals surface area contributed by atoms with E-state index in [2.05, 4.69) is 10.6 Å². The van der Waals surface area contributed by atoms with Crippen molar-refractivity contribution in [2.75, 3.05) is 13.7 Å². The number of rotatable bonds is 14. The number of aliphatic hydroxyl groups excluding tert-OH is 1. The quantitative estimate of drug-likeness (QED) is 0.237. The fraction of sp³-hybridized carbons (Fsp3) is 0.290. The van der Waals surface area contributed by atoms with Crippen LogP contribution in [0.4, 0.5) is 4.39 Å². The number of likely N-dealkylation sites (N-methyl/N-ethyl adjacent to an activating group) is 1. The molecule has 3 rings (SSSR count). The van der Waals surface area contributed by atoms with Crippen molar-refractivity contribution in [3.63, 3.8) is 0 Å². The molecule has 0 unspecified atom stereocenters. The van der Waals surface area contributed by atoms with Gasteiger partial charge in [-0.1, -0.05) is 54.6 Å². The molecular formula is C31H33FN3O6. The Morgan fingerprint density at radius 3 is 2.07 bits per heavy atom. The first kappa shape index (κ1) is 31.0. The summed E-state index contributed by atoms with van der Waals surface area (Å²) in [5.41, 5.74) is 2.19. The number of nitrogens with one attached hydrogen (secondary N) is 2. The monoisotopic (exact) mass is 562 g/mol. The lowest BCUT2D eigenvalue weighted by atomic mass is 10.0. The Bertz CT molecular complexity index is 1300. The van der Waals surface area contributed by atoms with Crippen LogP contribution in [0.2, 0.25) is 0 Å². The van der Waals surface area contributed by atoms with Crippen LogP contribution in [0.3, 0.4) is 0 Å². The predicted molar refractivity (Wildman–Crippen MR) is 150 cm³/mol. The highest BCUT2D eigenvalue weighted by molar-refractivity contribution is 5.93. The van der Waals surface area contributed by atoms with E-state index in [9.17, 15) is 33.8 Å². The minimum atomic E-state index is -1.38. The Labute approximate surface area is 238 Å². The van der Waals surface area contributed by atoms with E-state index in [4.69, 9.17) is 0 Å². The first-order chi connectivity index (χ1) is 19.7. The lowest BCUT2D eigenvalue weighted by Gasteiger charge is -2.28. The van der Waals surface area contributed by atoms with Crippen LogP contribution in [0.15, 0.2) is 78.9 Å². The highest BCUT2D eigenvalue weighted by Crippen LogP contribution is 2.14. The van der Waals surface area contributed by atoms with Crippen LogP contribution in [0.1, 0.15) is 23.1 Å². The second kappa shape index (κ2) is 15.3. The van der Waals surface area contributed by atoms with Gasteiger partial charge in [0.25, 0.3) is 0 Å². The molecule has 4 N–H and O–H groups in total. The molecule has 3 amide bonds. The van der Waals surface area contributed by atoms with Gasteiger partial charge in [0, 0.05) is 26.3 Å². The third-order valence-corrected chi connectivity index (χ3v) is 6.60. The zero-order valence-electron chi connectivity index (χ0n) is 22.6. The van der Waals surface area contributed by atoms with Crippen molar-refractivity contribution in [1.82, 2.24) is 15.5 Å². The number of carbonyl (C=O) groups excluding carboxylic acids is 4. The number of aromatic hydroxyl groups is 1. The van der Waals surface area contributed by atoms with Gasteiger partial charge in [-0.2, -0.15) is 0 Å². The molecule has 0 saturated heterocycles. The fourth-order valence-electron chi connectivity index (χ4n) is 4.20. The number of hydrogen-bond acceptors (Lipinski definition) is 6. The number of phenols is 1. The van der Waals surface area contributed by atoms with Gasteiger partial charge in [-0.05, 0) is 47.4 Å². The van der Waals surface area contributed by atoms with Crippen LogP contribution < -0.4 is 10.6 Å². The Kier molecular flexibility index (Phi) is 11.5. The standard InChI is InChI=1S/C31H33FN3O6/c1-35(25(19-36)17-23-9-14-26(38)15-10-23)31(41)28(20-37)34-30(40)27(18-22-5-3-2-4-6-22)33-29(39)16-11-21-7-12-24(32)13-8-21/h2-10,12-15,25,27-28,37-38H,11,16-18,20H2,1H3,(H,33,39)(H,34,40)/t25-,27+,28-/m0/s1. The summed E-state index contributed by atoms with van der Waals surface area (Å²) in [6.45, 7) is -0.740. The topological polar surface area (TPSA) is 136 Å². The van der Waals surface area contributed by atoms with Gasteiger partial charge < -0.3 is 25.7 Å². The van der Waals surface area contributed by atoms with E-state index >= 15 is 0 Å². The summed E-state index contributed by atoms with van der Waals surface area (Å²) in [7, 11) is 1.37. The second-order valence-corrected chi connectivity index (χ2v) is 9.63. The maximum absolute atomic E-state index is 13.3. The summed E-state index contributed by atoms with van der Waals surface area (Å²) in [6, 6.07) is 17.4. The van der Waals surface area contributed by atoms with Crippen molar-refractivity contribution in [2.24, 2.45) is 0 Å². The highest BCUT2D eigenvalue weighted by Gasteiger charge is 2.31. The van der Waals surface area contributed by atoms with Crippen molar-refractivity contribution in [3.8, 4) is 5.75 Å². The van der Waals surface area contributed by atoms with Gasteiger partial charge in [0.1, 0.15) is 29.7 Å². The number of aryl methyl sites for hydroxylation is 1. The normalized spacial score (nSPS) is 13.0. The van der Waals surface area contributed by atoms with Crippen LogP contribution in [0, 0.1) is 5.82 Å². The van der Waals surface area contributed by atoms with Gasteiger partial charge in [0.05, 0.1) is 6.61 Å². The molecule has 3 atom stereocenters. The predicted octanol–water partition coefficient (Wildman–Crippen LogP) is 1.85. The third-order valence-electron chi connectivity index (χ3n) is 6.60. The number of halogens is 1. The number of phenolic OH excluding ortho intramolecular Hbond substituents is 1. The Balaban J connectivity index is 1.68. The van der Waals surface area contributed by atoms with Gasteiger partial charge in [0.2, 0.25) is 24.0 Å². The summed E-state index contributed by atoms with van der Waals surface area (Å²) in [5.74, 6) is -2.14. The zero-order valence-corrected chi connectivity index (χ0v) is 22.6. The Morgan fingerprint density at radius 2 is 1.46 bits per heavy atom. The van der Waals surface area contributed by atoms with Crippen LogP contribution in [-0.4, -0.2) is 70.9 Å². The maximum atomic E-state index is 13.3. The SMILES string of the molecule is CN(C(=O)[C@H](CO)NC(=O)[C@@H](Cc1ccccc1)NC(=O)CCc1ccc(F)cc1)[C@H]([C]=O)Cc1ccc(O)cc1. The summed E-state index contributed by atoms with van der Waals surface area (Å²) in [4.78, 5) is 52.0. The summed E-state index contributed by atoms with van der Waals surface area (Å²) < 4.78 is 13.2. The molecule has 0 heterocycles. The van der Waals surface area contributed by atoms with E-state index in [1.165, 1.54) is 31.3 Å². The van der Waals surface area contributed by atoms with Crippen molar-refractivity contribution in [1.29, 1.82) is 0 Å². The fourth-order valence-corrected chi connectivity index (χ4v) is 4.20. The first-order valence-electron chi connectivity index (χ1n) is 13.1. The van der Waals surface area contributed by atoms with Gasteiger partial charge in [0.15, 0.2) is 0 Å². The molecule has 0 aromatic heterocycles. The molecule has 3 aromatic carbocycles. The number of hydrogen-bond donors (Lipinski definition) is 4. The van der Waals surface area contributed by atoms with Crippen LogP contribution in [-0.2, 0) is 38.4 Å². The van der Waals surface area contributed by atoms with E-state index in [-0.39, 0.29) is 30.8 Å². The smallest absolute Gasteiger partial charge is 0.247 e. The molecule has 0 fully saturated rings. The molecule has 10 heteroatoms. The molecule has 0 spiro atoms. The number of benzene rings is 3. The first-order valence-corrected chi connectivity index (χ1v) is 13.1. The number of amides is 3. The Hall–Kier alpha value is -4.57. The van der Waals surface area contributed by atoms with Crippen molar-refractivity contribution in [2.45, 2.75) is 43.8 Å². The molecule has 0 bridgehead atoms. The molecule has 215 valence electrons. The van der Waals surface area contributed by atoms with E-state index < -0.39 is 42.5 Å². The number of carbonyl (C=O) groups is 3. The lowest BCUT2D eigenvalue weighted by molar-refractivity contribution is -0.138. The van der Waals surface area contributed by atoms with Gasteiger partial charge in [-0.15, -0.1) is 0 Å². The summed E-state index contributed by atoms with van der Waals surface area (Å²) in [6.07, 6.45) is 2.43. The van der Waals surface area contributed by atoms with Gasteiger partial charge in [-0.3, -0.25) is 19.2 Å². The molecular weight excluding hydrogens is 529 g/mol. The molecule has 1 radical (unpaired) electrons. The molecule has 0 saturated carbocycles. The van der Waals surface area contributed by atoms with Crippen molar-refractivity contribution in [3.05, 3.63) is 101 Å². The molecule has 0 aliphatic rings. The van der Waals surface area contributed by atoms with Gasteiger partial charge >= 0.3 is 0 Å². The molecule has 3 aromatic rings. The maximum Gasteiger partial charge on any atom is 0.247 e. The molecule has 0 aliphatic heterocycles. The molecule has 41 heavy (non-hydrogen) atoms. The van der Waals surface area contributed by atoms with Crippen molar-refractivity contribution < 1.29 is 33.8 Å². The number of aliphatic hydroxyl groups is 1. The average molecular weight is 563 g/mol. The van der Waals surface area contributed by atoms with E-state index in [0.717, 1.165) is 16.0 Å². The minimum Gasteiger partial charge on any atom is -0.508 e. The largest absolute Gasteiger partial charge is 0.508 e. The van der Waals surface area contributed by atoms with Crippen LogP contribution in [0.5, 0.6) is 5.75 Å². The molecule has 0 aliphatic carbocycles. The van der Waals surface area contributed by atoms with Gasteiger partial charge in [-0.25, -0.2) is 4.39 Å². The Morgan fingerprint density at radius 1 is 0.854 bits per heavy atom. The summed E-state index contributed by atoms with van der Waals surface area (Å²) >= 11 is 0. The second-order valence-electron chi connectivity index (χ2n) is 9.63. The molecule has 9 nitrogen and oxygen atoms in total. The minimum absolute atomic E-state index is 0.0450. The number of nitrogens with zero attached hydrogens (tertiary/aromatic N) is 1. The van der Waals surface area contributed by atoms with E-state index in [0.29, 0.717) is 12.0 Å². The lowest BCUT2D eigenvalue weighted by Crippen LogP contribution is -2.57. The third kappa shape index (κ3) is 9.54.